The molecule has 1 saturated carbocycles. The zero-order chi connectivity index (χ0) is 15.4. The number of aromatic amines is 1. The van der Waals surface area contributed by atoms with E-state index in [9.17, 15) is 4.79 Å². The average molecular weight is 304 g/mol. The van der Waals surface area contributed by atoms with Crippen molar-refractivity contribution in [1.29, 1.82) is 0 Å². The van der Waals surface area contributed by atoms with E-state index in [0.717, 1.165) is 31.6 Å². The molecule has 0 radical (unpaired) electrons. The molecule has 5 nitrogen and oxygen atoms in total. The first-order valence-electron chi connectivity index (χ1n) is 8.78. The molecule has 22 heavy (non-hydrogen) atoms. The first kappa shape index (κ1) is 15.4. The van der Waals surface area contributed by atoms with Gasteiger partial charge in [0.1, 0.15) is 0 Å². The van der Waals surface area contributed by atoms with E-state index < -0.39 is 0 Å². The molecule has 2 fully saturated rings. The lowest BCUT2D eigenvalue weighted by atomic mass is 9.84. The van der Waals surface area contributed by atoms with E-state index in [1.165, 1.54) is 32.1 Å². The SMILES string of the molecule is CC(NC(=O)N1CCC(c2c[nH]cn2)CC1)C1CCCCC1. The second-order valence-electron chi connectivity index (χ2n) is 6.89. The smallest absolute Gasteiger partial charge is 0.317 e. The van der Waals surface area contributed by atoms with Gasteiger partial charge in [0, 0.05) is 31.2 Å². The number of rotatable bonds is 3. The molecule has 1 aromatic heterocycles. The van der Waals surface area contributed by atoms with Gasteiger partial charge in [0.05, 0.1) is 12.0 Å². The van der Waals surface area contributed by atoms with Gasteiger partial charge in [-0.3, -0.25) is 0 Å². The first-order chi connectivity index (χ1) is 10.7. The second-order valence-corrected chi connectivity index (χ2v) is 6.89. The van der Waals surface area contributed by atoms with Crippen molar-refractivity contribution in [3.05, 3.63) is 18.2 Å². The number of nitrogens with one attached hydrogen (secondary N) is 2. The summed E-state index contributed by atoms with van der Waals surface area (Å²) in [6, 6.07) is 0.426. The van der Waals surface area contributed by atoms with Gasteiger partial charge in [-0.05, 0) is 38.5 Å². The van der Waals surface area contributed by atoms with Crippen LogP contribution in [-0.2, 0) is 0 Å². The van der Waals surface area contributed by atoms with Crippen LogP contribution in [-0.4, -0.2) is 40.0 Å². The molecule has 1 aliphatic carbocycles. The molecule has 0 spiro atoms. The summed E-state index contributed by atoms with van der Waals surface area (Å²) >= 11 is 0. The predicted octanol–water partition coefficient (Wildman–Crippen LogP) is 3.27. The molecule has 1 unspecified atom stereocenters. The zero-order valence-corrected chi connectivity index (χ0v) is 13.6. The minimum Gasteiger partial charge on any atom is -0.351 e. The van der Waals surface area contributed by atoms with Crippen molar-refractivity contribution in [2.45, 2.75) is 63.8 Å². The molecular weight excluding hydrogens is 276 g/mol. The third-order valence-electron chi connectivity index (χ3n) is 5.43. The number of hydrogen-bond acceptors (Lipinski definition) is 2. The van der Waals surface area contributed by atoms with Crippen molar-refractivity contribution in [2.24, 2.45) is 5.92 Å². The number of likely N-dealkylation sites (tertiary alicyclic amines) is 1. The maximum atomic E-state index is 12.4. The molecule has 0 aromatic carbocycles. The molecule has 2 N–H and O–H groups in total. The number of aromatic nitrogens is 2. The van der Waals surface area contributed by atoms with Gasteiger partial charge in [-0.2, -0.15) is 0 Å². The van der Waals surface area contributed by atoms with Gasteiger partial charge in [-0.25, -0.2) is 9.78 Å². The average Bonchev–Trinajstić information content (AvgIpc) is 3.10. The summed E-state index contributed by atoms with van der Waals surface area (Å²) in [5, 5.41) is 3.23. The molecule has 1 saturated heterocycles. The zero-order valence-electron chi connectivity index (χ0n) is 13.6. The number of piperidine rings is 1. The highest BCUT2D eigenvalue weighted by Gasteiger charge is 2.27. The third-order valence-corrected chi connectivity index (χ3v) is 5.43. The molecule has 122 valence electrons. The van der Waals surface area contributed by atoms with E-state index >= 15 is 0 Å². The van der Waals surface area contributed by atoms with Gasteiger partial charge >= 0.3 is 6.03 Å². The summed E-state index contributed by atoms with van der Waals surface area (Å²) in [6.45, 7) is 3.84. The summed E-state index contributed by atoms with van der Waals surface area (Å²) in [5.41, 5.74) is 1.13. The van der Waals surface area contributed by atoms with E-state index in [1.54, 1.807) is 6.33 Å². The Morgan fingerprint density at radius 1 is 1.27 bits per heavy atom. The minimum atomic E-state index is 0.124. The third kappa shape index (κ3) is 3.62. The highest BCUT2D eigenvalue weighted by atomic mass is 16.2. The summed E-state index contributed by atoms with van der Waals surface area (Å²) in [4.78, 5) is 21.8. The molecule has 5 heteroatoms. The Balaban J connectivity index is 1.45. The van der Waals surface area contributed by atoms with Crippen molar-refractivity contribution in [2.75, 3.05) is 13.1 Å². The molecule has 2 amide bonds. The van der Waals surface area contributed by atoms with E-state index in [0.29, 0.717) is 17.9 Å². The Morgan fingerprint density at radius 3 is 2.64 bits per heavy atom. The van der Waals surface area contributed by atoms with Crippen LogP contribution in [0.2, 0.25) is 0 Å². The fraction of sp³-hybridized carbons (Fsp3) is 0.765. The number of carbonyl (C=O) groups is 1. The highest BCUT2D eigenvalue weighted by Crippen LogP contribution is 2.28. The highest BCUT2D eigenvalue weighted by molar-refractivity contribution is 5.74. The summed E-state index contributed by atoms with van der Waals surface area (Å²) in [7, 11) is 0. The molecule has 2 aliphatic rings. The molecule has 2 heterocycles. The van der Waals surface area contributed by atoms with Crippen LogP contribution in [0.3, 0.4) is 0 Å². The number of urea groups is 1. The molecule has 3 rings (SSSR count). The predicted molar refractivity (Wildman–Crippen MR) is 86.7 cm³/mol. The fourth-order valence-electron chi connectivity index (χ4n) is 3.91. The number of nitrogens with zero attached hydrogens (tertiary/aromatic N) is 2. The van der Waals surface area contributed by atoms with Crippen LogP contribution >= 0.6 is 0 Å². The monoisotopic (exact) mass is 304 g/mol. The van der Waals surface area contributed by atoms with Crippen molar-refractivity contribution in [1.82, 2.24) is 20.2 Å². The van der Waals surface area contributed by atoms with Gasteiger partial charge in [0.25, 0.3) is 0 Å². The second kappa shape index (κ2) is 7.16. The summed E-state index contributed by atoms with van der Waals surface area (Å²) in [6.07, 6.45) is 12.3. The molecule has 1 aromatic rings. The molecule has 0 bridgehead atoms. The standard InChI is InChI=1S/C17H28N4O/c1-13(14-5-3-2-4-6-14)20-17(22)21-9-7-15(8-10-21)16-11-18-12-19-16/h11-15H,2-10H2,1H3,(H,18,19)(H,20,22). The Kier molecular flexibility index (Phi) is 5.01. The van der Waals surface area contributed by atoms with Crippen LogP contribution in [0.15, 0.2) is 12.5 Å². The number of hydrogen-bond donors (Lipinski definition) is 2. The van der Waals surface area contributed by atoms with Gasteiger partial charge in [0.15, 0.2) is 0 Å². The van der Waals surface area contributed by atoms with Crippen LogP contribution in [0.25, 0.3) is 0 Å². The van der Waals surface area contributed by atoms with E-state index in [-0.39, 0.29) is 6.03 Å². The van der Waals surface area contributed by atoms with Gasteiger partial charge in [-0.1, -0.05) is 19.3 Å². The van der Waals surface area contributed by atoms with Crippen LogP contribution in [0.4, 0.5) is 4.79 Å². The lowest BCUT2D eigenvalue weighted by Gasteiger charge is -2.34. The van der Waals surface area contributed by atoms with Gasteiger partial charge in [0.2, 0.25) is 0 Å². The lowest BCUT2D eigenvalue weighted by molar-refractivity contribution is 0.170. The maximum absolute atomic E-state index is 12.4. The van der Waals surface area contributed by atoms with Crippen molar-refractivity contribution < 1.29 is 4.79 Å². The van der Waals surface area contributed by atoms with Crippen molar-refractivity contribution in [3.63, 3.8) is 0 Å². The maximum Gasteiger partial charge on any atom is 0.317 e. The fourth-order valence-corrected chi connectivity index (χ4v) is 3.91. The Morgan fingerprint density at radius 2 is 2.00 bits per heavy atom. The number of carbonyl (C=O) groups excluding carboxylic acids is 1. The van der Waals surface area contributed by atoms with Gasteiger partial charge < -0.3 is 15.2 Å². The van der Waals surface area contributed by atoms with E-state index in [4.69, 9.17) is 0 Å². The Bertz CT molecular complexity index is 459. The molecular formula is C17H28N4O. The van der Waals surface area contributed by atoms with Crippen LogP contribution in [0.5, 0.6) is 0 Å². The minimum absolute atomic E-state index is 0.124. The number of amides is 2. The van der Waals surface area contributed by atoms with Crippen LogP contribution in [0, 0.1) is 5.92 Å². The normalized spacial score (nSPS) is 22.5. The molecule has 1 atom stereocenters. The van der Waals surface area contributed by atoms with Crippen LogP contribution in [0.1, 0.15) is 63.5 Å². The number of H-pyrrole nitrogens is 1. The van der Waals surface area contributed by atoms with Gasteiger partial charge in [-0.15, -0.1) is 0 Å². The first-order valence-corrected chi connectivity index (χ1v) is 8.78. The Hall–Kier alpha value is -1.52. The summed E-state index contributed by atoms with van der Waals surface area (Å²) in [5.74, 6) is 1.16. The van der Waals surface area contributed by atoms with Crippen LogP contribution < -0.4 is 5.32 Å². The van der Waals surface area contributed by atoms with Crippen molar-refractivity contribution >= 4 is 6.03 Å². The quantitative estimate of drug-likeness (QED) is 0.900. The van der Waals surface area contributed by atoms with E-state index in [1.807, 2.05) is 11.1 Å². The van der Waals surface area contributed by atoms with Crippen molar-refractivity contribution in [3.8, 4) is 0 Å². The number of imidazole rings is 1. The lowest BCUT2D eigenvalue weighted by Crippen LogP contribution is -2.49. The molecule has 1 aliphatic heterocycles. The largest absolute Gasteiger partial charge is 0.351 e. The summed E-state index contributed by atoms with van der Waals surface area (Å²) < 4.78 is 0. The topological polar surface area (TPSA) is 61.0 Å². The van der Waals surface area contributed by atoms with E-state index in [2.05, 4.69) is 22.2 Å². The Labute approximate surface area is 132 Å².